The quantitative estimate of drug-likeness (QED) is 0.336. The minimum absolute atomic E-state index is 0.0308. The lowest BCUT2D eigenvalue weighted by atomic mass is 9.33. The molecule has 1 N–H and O–H groups in total. The Kier molecular flexibility index (Phi) is 5.38. The zero-order valence-electron chi connectivity index (χ0n) is 22.7. The maximum Gasteiger partial charge on any atom is 0.310 e. The van der Waals surface area contributed by atoms with Gasteiger partial charge in [0.05, 0.1) is 5.41 Å². The van der Waals surface area contributed by atoms with Gasteiger partial charge in [-0.2, -0.15) is 0 Å². The topological polar surface area (TPSA) is 54.4 Å². The molecule has 0 aliphatic heterocycles. The van der Waals surface area contributed by atoms with Gasteiger partial charge in [-0.25, -0.2) is 0 Å². The van der Waals surface area contributed by atoms with Gasteiger partial charge in [-0.15, -0.1) is 0 Å². The molecule has 11 unspecified atom stereocenters. The molecule has 34 heavy (non-hydrogen) atoms. The number of carboxylic acids is 1. The van der Waals surface area contributed by atoms with Crippen LogP contribution in [-0.4, -0.2) is 17.4 Å². The van der Waals surface area contributed by atoms with Crippen molar-refractivity contribution in [3.63, 3.8) is 0 Å². The molecule has 0 spiro atoms. The maximum absolute atomic E-state index is 12.7. The molecule has 3 nitrogen and oxygen atoms in total. The molecule has 4 saturated carbocycles. The molecule has 0 radical (unpaired) electrons. The normalized spacial score (nSPS) is 56.7. The highest BCUT2D eigenvalue weighted by molar-refractivity contribution is 5.80. The summed E-state index contributed by atoms with van der Waals surface area (Å²) in [5.41, 5.74) is 1.61. The number of hydrogen-bond acceptors (Lipinski definition) is 2. The van der Waals surface area contributed by atoms with Crippen LogP contribution in [-0.2, 0) is 9.59 Å². The monoisotopic (exact) mass is 468 g/mol. The van der Waals surface area contributed by atoms with Crippen LogP contribution in [0.2, 0.25) is 0 Å². The molecule has 0 aromatic rings. The minimum Gasteiger partial charge on any atom is -0.481 e. The van der Waals surface area contributed by atoms with Crippen molar-refractivity contribution in [3.05, 3.63) is 11.6 Å². The molecule has 0 heterocycles. The van der Waals surface area contributed by atoms with Crippen LogP contribution in [0.15, 0.2) is 11.6 Å². The van der Waals surface area contributed by atoms with Crippen LogP contribution in [0.3, 0.4) is 0 Å². The number of rotatable bonds is 2. The van der Waals surface area contributed by atoms with E-state index in [1.54, 1.807) is 5.57 Å². The van der Waals surface area contributed by atoms with E-state index in [-0.39, 0.29) is 28.1 Å². The summed E-state index contributed by atoms with van der Waals surface area (Å²) in [7, 11) is 0. The summed E-state index contributed by atoms with van der Waals surface area (Å²) in [6, 6.07) is 0. The van der Waals surface area contributed by atoms with Crippen molar-refractivity contribution >= 4 is 12.3 Å². The van der Waals surface area contributed by atoms with Crippen LogP contribution in [0.25, 0.3) is 0 Å². The predicted molar refractivity (Wildman–Crippen MR) is 136 cm³/mol. The fourth-order valence-electron chi connectivity index (χ4n) is 11.1. The second-order valence-corrected chi connectivity index (χ2v) is 14.7. The standard InChI is InChI=1S/C31H48O3/c1-19-10-13-27(3)16-17-29(5)22(25(27)20(19)2)8-9-23-28(4)14-11-21(18-32)31(7,26(33)34)24(28)12-15-30(23,29)6/h8,18-21,23-25H,9-17H2,1-7H3,(H,33,34). The first kappa shape index (κ1) is 24.6. The van der Waals surface area contributed by atoms with E-state index in [2.05, 4.69) is 47.6 Å². The summed E-state index contributed by atoms with van der Waals surface area (Å²) in [4.78, 5) is 24.7. The van der Waals surface area contributed by atoms with Crippen molar-refractivity contribution < 1.29 is 14.7 Å². The molecule has 11 atom stereocenters. The molecule has 0 aromatic heterocycles. The highest BCUT2D eigenvalue weighted by atomic mass is 16.4. The van der Waals surface area contributed by atoms with Gasteiger partial charge in [0, 0.05) is 5.92 Å². The number of carbonyl (C=O) groups is 2. The van der Waals surface area contributed by atoms with Gasteiger partial charge in [0.25, 0.3) is 0 Å². The van der Waals surface area contributed by atoms with E-state index in [9.17, 15) is 14.7 Å². The molecular formula is C31H48O3. The molecule has 4 fully saturated rings. The summed E-state index contributed by atoms with van der Waals surface area (Å²) in [6.45, 7) is 17.0. The van der Waals surface area contributed by atoms with Crippen LogP contribution in [0.5, 0.6) is 0 Å². The lowest BCUT2D eigenvalue weighted by Crippen LogP contribution is -2.65. The highest BCUT2D eigenvalue weighted by Crippen LogP contribution is 2.76. The van der Waals surface area contributed by atoms with E-state index < -0.39 is 11.4 Å². The lowest BCUT2D eigenvalue weighted by molar-refractivity contribution is -0.206. The minimum atomic E-state index is -0.945. The number of aldehydes is 1. The molecule has 190 valence electrons. The van der Waals surface area contributed by atoms with Gasteiger partial charge >= 0.3 is 5.97 Å². The summed E-state index contributed by atoms with van der Waals surface area (Å²) in [5.74, 6) is 1.64. The van der Waals surface area contributed by atoms with Gasteiger partial charge in [-0.05, 0) is 116 Å². The molecule has 3 heteroatoms. The van der Waals surface area contributed by atoms with Gasteiger partial charge in [0.15, 0.2) is 0 Å². The first-order valence-corrected chi connectivity index (χ1v) is 14.2. The number of aliphatic carboxylic acids is 1. The summed E-state index contributed by atoms with van der Waals surface area (Å²) in [5, 5.41) is 10.4. The van der Waals surface area contributed by atoms with Crippen LogP contribution in [0, 0.1) is 62.6 Å². The fraction of sp³-hybridized carbons (Fsp3) is 0.871. The first-order valence-electron chi connectivity index (χ1n) is 14.2. The van der Waals surface area contributed by atoms with E-state index in [1.165, 1.54) is 25.7 Å². The van der Waals surface area contributed by atoms with E-state index in [4.69, 9.17) is 0 Å². The van der Waals surface area contributed by atoms with Crippen molar-refractivity contribution in [2.45, 2.75) is 106 Å². The third-order valence-electron chi connectivity index (χ3n) is 13.8. The van der Waals surface area contributed by atoms with Gasteiger partial charge in [0.1, 0.15) is 6.29 Å². The van der Waals surface area contributed by atoms with Gasteiger partial charge in [-0.3, -0.25) is 4.79 Å². The summed E-state index contributed by atoms with van der Waals surface area (Å²) in [6.07, 6.45) is 13.8. The van der Waals surface area contributed by atoms with Crippen LogP contribution in [0.4, 0.5) is 0 Å². The molecule has 5 aliphatic carbocycles. The van der Waals surface area contributed by atoms with Crippen molar-refractivity contribution in [1.82, 2.24) is 0 Å². The number of allylic oxidation sites excluding steroid dienone is 2. The van der Waals surface area contributed by atoms with Gasteiger partial charge < -0.3 is 9.90 Å². The third kappa shape index (κ3) is 2.76. The Morgan fingerprint density at radius 2 is 1.65 bits per heavy atom. The molecule has 0 saturated heterocycles. The zero-order chi connectivity index (χ0) is 24.9. The SMILES string of the molecule is CC1CCC2(C)CCC3(C)C(=CCC4C5(C)CCC(C=O)C(C)(C(=O)O)C5CCC43C)C2C1C. The molecule has 0 amide bonds. The Balaban J connectivity index is 1.60. The molecule has 0 bridgehead atoms. The third-order valence-corrected chi connectivity index (χ3v) is 13.8. The largest absolute Gasteiger partial charge is 0.481 e. The number of carbonyl (C=O) groups excluding carboxylic acids is 1. The van der Waals surface area contributed by atoms with E-state index >= 15 is 0 Å². The van der Waals surface area contributed by atoms with Crippen LogP contribution >= 0.6 is 0 Å². The Labute approximate surface area is 207 Å². The molecule has 5 rings (SSSR count). The number of hydrogen-bond donors (Lipinski definition) is 1. The van der Waals surface area contributed by atoms with Crippen LogP contribution < -0.4 is 0 Å². The van der Waals surface area contributed by atoms with Gasteiger partial charge in [0.2, 0.25) is 0 Å². The van der Waals surface area contributed by atoms with E-state index in [1.807, 2.05) is 6.92 Å². The van der Waals surface area contributed by atoms with E-state index in [0.29, 0.717) is 23.7 Å². The van der Waals surface area contributed by atoms with Crippen molar-refractivity contribution in [2.75, 3.05) is 0 Å². The first-order chi connectivity index (χ1) is 15.8. The van der Waals surface area contributed by atoms with Crippen LogP contribution in [0.1, 0.15) is 106 Å². The molecular weight excluding hydrogens is 420 g/mol. The van der Waals surface area contributed by atoms with Crippen molar-refractivity contribution in [2.24, 2.45) is 62.6 Å². The van der Waals surface area contributed by atoms with Crippen molar-refractivity contribution in [1.29, 1.82) is 0 Å². The van der Waals surface area contributed by atoms with Gasteiger partial charge in [-0.1, -0.05) is 53.2 Å². The fourth-order valence-corrected chi connectivity index (χ4v) is 11.1. The Morgan fingerprint density at radius 3 is 2.29 bits per heavy atom. The Morgan fingerprint density at radius 1 is 0.941 bits per heavy atom. The molecule has 0 aromatic carbocycles. The summed E-state index contributed by atoms with van der Waals surface area (Å²) < 4.78 is 0. The number of fused-ring (bicyclic) bond motifs is 7. The predicted octanol–water partition coefficient (Wildman–Crippen LogP) is 7.54. The smallest absolute Gasteiger partial charge is 0.310 e. The number of carboxylic acid groups (broad SMARTS) is 1. The Hall–Kier alpha value is -1.12. The zero-order valence-corrected chi connectivity index (χ0v) is 22.7. The van der Waals surface area contributed by atoms with E-state index in [0.717, 1.165) is 43.8 Å². The Bertz CT molecular complexity index is 922. The second kappa shape index (κ2) is 7.45. The van der Waals surface area contributed by atoms with Crippen molar-refractivity contribution in [3.8, 4) is 0 Å². The highest BCUT2D eigenvalue weighted by Gasteiger charge is 2.69. The average molecular weight is 469 g/mol. The molecule has 5 aliphatic rings. The maximum atomic E-state index is 12.7. The lowest BCUT2D eigenvalue weighted by Gasteiger charge is -2.71. The average Bonchev–Trinajstić information content (AvgIpc) is 2.77. The summed E-state index contributed by atoms with van der Waals surface area (Å²) >= 11 is 0. The second-order valence-electron chi connectivity index (χ2n) is 14.7.